The van der Waals surface area contributed by atoms with E-state index in [1.54, 1.807) is 24.3 Å². The summed E-state index contributed by atoms with van der Waals surface area (Å²) >= 11 is 5.88. The van der Waals surface area contributed by atoms with Gasteiger partial charge in [-0.3, -0.25) is 4.79 Å². The first-order valence-electron chi connectivity index (χ1n) is 9.08. The van der Waals surface area contributed by atoms with E-state index >= 15 is 0 Å². The van der Waals surface area contributed by atoms with Gasteiger partial charge < -0.3 is 15.0 Å². The molecule has 1 N–H and O–H groups in total. The average molecular weight is 363 g/mol. The van der Waals surface area contributed by atoms with E-state index in [1.165, 1.54) is 0 Å². The van der Waals surface area contributed by atoms with E-state index in [4.69, 9.17) is 16.3 Å². The lowest BCUT2D eigenvalue weighted by atomic mass is 9.98. The number of rotatable bonds is 5. The van der Waals surface area contributed by atoms with E-state index in [2.05, 4.69) is 12.2 Å². The van der Waals surface area contributed by atoms with Crippen LogP contribution in [0.5, 0.6) is 0 Å². The summed E-state index contributed by atoms with van der Waals surface area (Å²) in [5, 5.41) is 3.83. The normalized spacial score (nSPS) is 31.4. The standard InChI is InChI=1S/C19H23ClN2O3/c1-2-16(21-18(23)11-3-5-12(20)6-4-11)17-14-9-13(10-15(14)17)22-7-8-25-19(22)24/h3-6,13-17H,2,7-10H2,1H3,(H,21,23)/t13-,14-,15+,16?,17+. The Kier molecular flexibility index (Phi) is 4.36. The first kappa shape index (κ1) is 16.7. The molecule has 1 aromatic carbocycles. The molecule has 5 nitrogen and oxygen atoms in total. The van der Waals surface area contributed by atoms with Crippen molar-refractivity contribution in [1.29, 1.82) is 0 Å². The minimum atomic E-state index is -0.161. The van der Waals surface area contributed by atoms with Crippen molar-refractivity contribution < 1.29 is 14.3 Å². The third-order valence-electron chi connectivity index (χ3n) is 6.05. The highest BCUT2D eigenvalue weighted by molar-refractivity contribution is 6.30. The molecular weight excluding hydrogens is 340 g/mol. The Balaban J connectivity index is 1.34. The average Bonchev–Trinajstić information content (AvgIpc) is 2.95. The molecule has 0 spiro atoms. The molecule has 1 aromatic rings. The highest BCUT2D eigenvalue weighted by Gasteiger charge is 2.60. The fourth-order valence-electron chi connectivity index (χ4n) is 4.77. The van der Waals surface area contributed by atoms with Crippen LogP contribution in [0.4, 0.5) is 4.79 Å². The van der Waals surface area contributed by atoms with Crippen molar-refractivity contribution in [3.8, 4) is 0 Å². The molecule has 3 fully saturated rings. The number of halogens is 1. The minimum absolute atomic E-state index is 0.0341. The van der Waals surface area contributed by atoms with E-state index in [0.29, 0.717) is 41.0 Å². The van der Waals surface area contributed by atoms with Gasteiger partial charge in [-0.05, 0) is 61.3 Å². The van der Waals surface area contributed by atoms with Crippen molar-refractivity contribution in [2.45, 2.75) is 38.3 Å². The lowest BCUT2D eigenvalue weighted by molar-refractivity contribution is 0.0926. The maximum atomic E-state index is 12.5. The Hall–Kier alpha value is -1.75. The Morgan fingerprint density at radius 2 is 2.00 bits per heavy atom. The maximum Gasteiger partial charge on any atom is 0.410 e. The number of carbonyl (C=O) groups is 2. The van der Waals surface area contributed by atoms with Crippen LogP contribution in [0.1, 0.15) is 36.5 Å². The van der Waals surface area contributed by atoms with Crippen LogP contribution in [0, 0.1) is 17.8 Å². The predicted octanol–water partition coefficient (Wildman–Crippen LogP) is 3.33. The van der Waals surface area contributed by atoms with Crippen molar-refractivity contribution in [3.63, 3.8) is 0 Å². The van der Waals surface area contributed by atoms with Crippen molar-refractivity contribution >= 4 is 23.6 Å². The van der Waals surface area contributed by atoms with E-state index in [9.17, 15) is 9.59 Å². The van der Waals surface area contributed by atoms with Gasteiger partial charge in [-0.25, -0.2) is 4.79 Å². The van der Waals surface area contributed by atoms with Gasteiger partial charge in [0.25, 0.3) is 5.91 Å². The van der Waals surface area contributed by atoms with Gasteiger partial charge >= 0.3 is 6.09 Å². The molecule has 1 heterocycles. The molecule has 2 saturated carbocycles. The van der Waals surface area contributed by atoms with Crippen LogP contribution in [0.15, 0.2) is 24.3 Å². The highest BCUT2D eigenvalue weighted by atomic mass is 35.5. The summed E-state index contributed by atoms with van der Waals surface area (Å²) < 4.78 is 5.05. The zero-order chi connectivity index (χ0) is 17.6. The van der Waals surface area contributed by atoms with Crippen LogP contribution in [-0.2, 0) is 4.74 Å². The van der Waals surface area contributed by atoms with Crippen molar-refractivity contribution in [1.82, 2.24) is 10.2 Å². The largest absolute Gasteiger partial charge is 0.448 e. The molecule has 134 valence electrons. The van der Waals surface area contributed by atoms with Gasteiger partial charge in [-0.15, -0.1) is 0 Å². The SMILES string of the molecule is CCC(NC(=O)c1ccc(Cl)cc1)[C@H]1[C@@H]2C[C@@H](N3CCOC3=O)C[C@@H]21. The van der Waals surface area contributed by atoms with Gasteiger partial charge in [0.05, 0.1) is 6.54 Å². The topological polar surface area (TPSA) is 58.6 Å². The number of benzene rings is 1. The second-order valence-corrected chi connectivity index (χ2v) is 7.77. The summed E-state index contributed by atoms with van der Waals surface area (Å²) in [6.45, 7) is 3.36. The second-order valence-electron chi connectivity index (χ2n) is 7.33. The molecule has 0 bridgehead atoms. The molecule has 0 radical (unpaired) electrons. The second kappa shape index (κ2) is 6.52. The molecule has 3 aliphatic rings. The summed E-state index contributed by atoms with van der Waals surface area (Å²) in [5.74, 6) is 1.74. The summed E-state index contributed by atoms with van der Waals surface area (Å²) in [6, 6.07) is 7.52. The third-order valence-corrected chi connectivity index (χ3v) is 6.30. The van der Waals surface area contributed by atoms with Crippen LogP contribution < -0.4 is 5.32 Å². The first-order valence-corrected chi connectivity index (χ1v) is 9.46. The zero-order valence-corrected chi connectivity index (χ0v) is 15.0. The molecule has 25 heavy (non-hydrogen) atoms. The summed E-state index contributed by atoms with van der Waals surface area (Å²) in [6.07, 6.45) is 2.84. The number of nitrogens with one attached hydrogen (secondary N) is 1. The molecule has 1 aliphatic heterocycles. The Labute approximate surface area is 152 Å². The van der Waals surface area contributed by atoms with Crippen LogP contribution >= 0.6 is 11.6 Å². The number of hydrogen-bond acceptors (Lipinski definition) is 3. The number of amides is 2. The van der Waals surface area contributed by atoms with Crippen molar-refractivity contribution in [3.05, 3.63) is 34.9 Å². The lowest BCUT2D eigenvalue weighted by Gasteiger charge is -2.26. The summed E-state index contributed by atoms with van der Waals surface area (Å²) in [4.78, 5) is 26.1. The summed E-state index contributed by atoms with van der Waals surface area (Å²) in [5.41, 5.74) is 0.645. The van der Waals surface area contributed by atoms with E-state index in [0.717, 1.165) is 25.8 Å². The monoisotopic (exact) mass is 362 g/mol. The molecule has 0 aromatic heterocycles. The molecule has 6 heteroatoms. The van der Waals surface area contributed by atoms with E-state index in [-0.39, 0.29) is 18.0 Å². The van der Waals surface area contributed by atoms with Crippen LogP contribution in [-0.4, -0.2) is 42.1 Å². The van der Waals surface area contributed by atoms with Gasteiger partial charge in [0.15, 0.2) is 0 Å². The predicted molar refractivity (Wildman–Crippen MR) is 94.5 cm³/mol. The fourth-order valence-corrected chi connectivity index (χ4v) is 4.90. The number of fused-ring (bicyclic) bond motifs is 1. The van der Waals surface area contributed by atoms with Crippen molar-refractivity contribution in [2.24, 2.45) is 17.8 Å². The van der Waals surface area contributed by atoms with Gasteiger partial charge in [0.1, 0.15) is 6.61 Å². The van der Waals surface area contributed by atoms with Gasteiger partial charge in [-0.2, -0.15) is 0 Å². The quantitative estimate of drug-likeness (QED) is 0.874. The van der Waals surface area contributed by atoms with Crippen LogP contribution in [0.25, 0.3) is 0 Å². The Morgan fingerprint density at radius 3 is 2.56 bits per heavy atom. The molecule has 2 amide bonds. The number of nitrogens with zero attached hydrogens (tertiary/aromatic N) is 1. The third kappa shape index (κ3) is 3.10. The van der Waals surface area contributed by atoms with Crippen LogP contribution in [0.3, 0.4) is 0 Å². The molecule has 5 atom stereocenters. The smallest absolute Gasteiger partial charge is 0.410 e. The number of hydrogen-bond donors (Lipinski definition) is 1. The van der Waals surface area contributed by atoms with Crippen LogP contribution in [0.2, 0.25) is 5.02 Å². The zero-order valence-electron chi connectivity index (χ0n) is 14.3. The molecule has 1 saturated heterocycles. The Morgan fingerprint density at radius 1 is 1.32 bits per heavy atom. The maximum absolute atomic E-state index is 12.5. The summed E-state index contributed by atoms with van der Waals surface area (Å²) in [7, 11) is 0. The molecule has 4 rings (SSSR count). The molecular formula is C19H23ClN2O3. The van der Waals surface area contributed by atoms with Gasteiger partial charge in [0, 0.05) is 22.7 Å². The Bertz CT molecular complexity index is 666. The number of ether oxygens (including phenoxy) is 1. The van der Waals surface area contributed by atoms with Gasteiger partial charge in [-0.1, -0.05) is 18.5 Å². The molecule has 1 unspecified atom stereocenters. The first-order chi connectivity index (χ1) is 12.1. The lowest BCUT2D eigenvalue weighted by Crippen LogP contribution is -2.40. The minimum Gasteiger partial charge on any atom is -0.448 e. The fraction of sp³-hybridized carbons (Fsp3) is 0.579. The highest BCUT2D eigenvalue weighted by Crippen LogP contribution is 2.60. The van der Waals surface area contributed by atoms with Crippen molar-refractivity contribution in [2.75, 3.05) is 13.2 Å². The van der Waals surface area contributed by atoms with E-state index < -0.39 is 0 Å². The number of carbonyl (C=O) groups excluding carboxylic acids is 2. The molecule has 2 aliphatic carbocycles. The van der Waals surface area contributed by atoms with Gasteiger partial charge in [0.2, 0.25) is 0 Å². The number of cyclic esters (lactones) is 1. The van der Waals surface area contributed by atoms with E-state index in [1.807, 2.05) is 4.90 Å².